The van der Waals surface area contributed by atoms with Crippen LogP contribution in [0.2, 0.25) is 5.02 Å². The Bertz CT molecular complexity index is 599. The molecule has 92 valence electrons. The number of hydrogen-bond donors (Lipinski definition) is 2. The van der Waals surface area contributed by atoms with Crippen LogP contribution in [0.15, 0.2) is 36.5 Å². The number of anilines is 2. The van der Waals surface area contributed by atoms with Crippen LogP contribution in [0.1, 0.15) is 15.9 Å². The second-order valence-corrected chi connectivity index (χ2v) is 4.29. The van der Waals surface area contributed by atoms with Gasteiger partial charge in [-0.2, -0.15) is 0 Å². The van der Waals surface area contributed by atoms with Crippen molar-refractivity contribution in [1.29, 1.82) is 0 Å². The van der Waals surface area contributed by atoms with Crippen molar-refractivity contribution >= 4 is 29.0 Å². The van der Waals surface area contributed by atoms with Gasteiger partial charge in [-0.25, -0.2) is 4.98 Å². The average Bonchev–Trinajstić information content (AvgIpc) is 2.35. The first kappa shape index (κ1) is 12.4. The van der Waals surface area contributed by atoms with Gasteiger partial charge in [0.05, 0.1) is 5.69 Å². The lowest BCUT2D eigenvalue weighted by Crippen LogP contribution is -2.15. The molecule has 0 spiro atoms. The largest absolute Gasteiger partial charge is 0.396 e. The molecule has 0 aliphatic heterocycles. The van der Waals surface area contributed by atoms with Crippen molar-refractivity contribution in [3.05, 3.63) is 52.7 Å². The number of aryl methyl sites for hydroxylation is 1. The number of nitrogens with one attached hydrogen (secondary N) is 1. The molecule has 0 aliphatic carbocycles. The first-order chi connectivity index (χ1) is 8.58. The molecule has 4 nitrogen and oxygen atoms in total. The van der Waals surface area contributed by atoms with E-state index in [0.717, 1.165) is 5.56 Å². The standard InChI is InChI=1S/C13H12ClN3O/c1-8-4-5-9(14)7-10(8)13(18)17-12-11(15)3-2-6-16-12/h2-7H,15H2,1H3,(H,16,17,18). The number of nitrogen functional groups attached to an aromatic ring is 1. The quantitative estimate of drug-likeness (QED) is 0.873. The third-order valence-electron chi connectivity index (χ3n) is 2.52. The van der Waals surface area contributed by atoms with Crippen molar-refractivity contribution in [1.82, 2.24) is 4.98 Å². The second-order valence-electron chi connectivity index (χ2n) is 3.85. The van der Waals surface area contributed by atoms with Gasteiger partial charge in [0.1, 0.15) is 0 Å². The van der Waals surface area contributed by atoms with Gasteiger partial charge in [0.2, 0.25) is 0 Å². The van der Waals surface area contributed by atoms with Crippen LogP contribution in [-0.4, -0.2) is 10.9 Å². The molecular weight excluding hydrogens is 250 g/mol. The molecule has 0 bridgehead atoms. The Hall–Kier alpha value is -2.07. The highest BCUT2D eigenvalue weighted by Crippen LogP contribution is 2.18. The highest BCUT2D eigenvalue weighted by atomic mass is 35.5. The number of hydrogen-bond acceptors (Lipinski definition) is 3. The van der Waals surface area contributed by atoms with Crippen molar-refractivity contribution in [2.24, 2.45) is 0 Å². The Morgan fingerprint density at radius 2 is 2.17 bits per heavy atom. The van der Waals surface area contributed by atoms with Gasteiger partial charge in [0.25, 0.3) is 5.91 Å². The predicted octanol–water partition coefficient (Wildman–Crippen LogP) is 2.88. The van der Waals surface area contributed by atoms with E-state index in [1.165, 1.54) is 0 Å². The summed E-state index contributed by atoms with van der Waals surface area (Å²) in [5.74, 6) is 0.0716. The number of aromatic nitrogens is 1. The molecule has 2 aromatic rings. The Morgan fingerprint density at radius 1 is 1.39 bits per heavy atom. The molecule has 0 aliphatic rings. The number of nitrogens with zero attached hydrogens (tertiary/aromatic N) is 1. The van der Waals surface area contributed by atoms with E-state index in [0.29, 0.717) is 22.1 Å². The number of nitrogens with two attached hydrogens (primary N) is 1. The van der Waals surface area contributed by atoms with Crippen LogP contribution in [0.4, 0.5) is 11.5 Å². The molecule has 0 radical (unpaired) electrons. The zero-order valence-electron chi connectivity index (χ0n) is 9.77. The maximum atomic E-state index is 12.1. The lowest BCUT2D eigenvalue weighted by atomic mass is 10.1. The summed E-state index contributed by atoms with van der Waals surface area (Å²) in [5, 5.41) is 3.17. The first-order valence-corrected chi connectivity index (χ1v) is 5.73. The van der Waals surface area contributed by atoms with Crippen molar-refractivity contribution in [3.8, 4) is 0 Å². The van der Waals surface area contributed by atoms with E-state index in [2.05, 4.69) is 10.3 Å². The number of pyridine rings is 1. The van der Waals surface area contributed by atoms with E-state index in [1.54, 1.807) is 36.5 Å². The summed E-state index contributed by atoms with van der Waals surface area (Å²) in [6, 6.07) is 8.52. The Morgan fingerprint density at radius 3 is 2.89 bits per heavy atom. The maximum Gasteiger partial charge on any atom is 0.257 e. The molecule has 5 heteroatoms. The van der Waals surface area contributed by atoms with Crippen LogP contribution in [0.5, 0.6) is 0 Å². The minimum absolute atomic E-state index is 0.277. The number of rotatable bonds is 2. The minimum Gasteiger partial charge on any atom is -0.396 e. The molecule has 18 heavy (non-hydrogen) atoms. The monoisotopic (exact) mass is 261 g/mol. The lowest BCUT2D eigenvalue weighted by molar-refractivity contribution is 0.102. The topological polar surface area (TPSA) is 68.0 Å². The number of carbonyl (C=O) groups is 1. The Kier molecular flexibility index (Phi) is 3.48. The third-order valence-corrected chi connectivity index (χ3v) is 2.75. The van der Waals surface area contributed by atoms with Gasteiger partial charge < -0.3 is 11.1 Å². The van der Waals surface area contributed by atoms with Crippen LogP contribution in [0, 0.1) is 6.92 Å². The van der Waals surface area contributed by atoms with E-state index in [-0.39, 0.29) is 5.91 Å². The molecule has 1 amide bonds. The molecule has 2 rings (SSSR count). The van der Waals surface area contributed by atoms with Crippen LogP contribution < -0.4 is 11.1 Å². The van der Waals surface area contributed by atoms with Crippen LogP contribution >= 0.6 is 11.6 Å². The normalized spacial score (nSPS) is 10.1. The van der Waals surface area contributed by atoms with Gasteiger partial charge in [-0.15, -0.1) is 0 Å². The van der Waals surface area contributed by atoms with Crippen molar-refractivity contribution < 1.29 is 4.79 Å². The molecular formula is C13H12ClN3O. The molecule has 1 heterocycles. The molecule has 0 fully saturated rings. The molecule has 0 saturated heterocycles. The zero-order valence-corrected chi connectivity index (χ0v) is 10.5. The smallest absolute Gasteiger partial charge is 0.257 e. The number of amides is 1. The summed E-state index contributed by atoms with van der Waals surface area (Å²) < 4.78 is 0. The fraction of sp³-hybridized carbons (Fsp3) is 0.0769. The molecule has 0 atom stereocenters. The number of benzene rings is 1. The fourth-order valence-electron chi connectivity index (χ4n) is 1.54. The minimum atomic E-state index is -0.277. The Labute approximate surface area is 110 Å². The maximum absolute atomic E-state index is 12.1. The fourth-order valence-corrected chi connectivity index (χ4v) is 1.71. The molecule has 1 aromatic heterocycles. The van der Waals surface area contributed by atoms with Gasteiger partial charge >= 0.3 is 0 Å². The summed E-state index contributed by atoms with van der Waals surface area (Å²) in [6.45, 7) is 1.84. The van der Waals surface area contributed by atoms with E-state index in [1.807, 2.05) is 6.92 Å². The average molecular weight is 262 g/mol. The van der Waals surface area contributed by atoms with Crippen LogP contribution in [0.3, 0.4) is 0 Å². The molecule has 0 saturated carbocycles. The summed E-state index contributed by atoms with van der Waals surface area (Å²) in [5.41, 5.74) is 7.48. The third kappa shape index (κ3) is 2.60. The summed E-state index contributed by atoms with van der Waals surface area (Å²) in [6.07, 6.45) is 1.57. The Balaban J connectivity index is 2.28. The molecule has 0 unspecified atom stereocenters. The predicted molar refractivity (Wildman–Crippen MR) is 72.8 cm³/mol. The molecule has 1 aromatic carbocycles. The molecule has 3 N–H and O–H groups in total. The summed E-state index contributed by atoms with van der Waals surface area (Å²) >= 11 is 5.87. The SMILES string of the molecule is Cc1ccc(Cl)cc1C(=O)Nc1ncccc1N. The van der Waals surface area contributed by atoms with Gasteiger partial charge in [-0.05, 0) is 36.8 Å². The zero-order chi connectivity index (χ0) is 13.1. The van der Waals surface area contributed by atoms with Crippen molar-refractivity contribution in [3.63, 3.8) is 0 Å². The van der Waals surface area contributed by atoms with Gasteiger partial charge in [0, 0.05) is 16.8 Å². The van der Waals surface area contributed by atoms with Gasteiger partial charge in [0.15, 0.2) is 5.82 Å². The highest BCUT2D eigenvalue weighted by molar-refractivity contribution is 6.31. The lowest BCUT2D eigenvalue weighted by Gasteiger charge is -2.08. The van der Waals surface area contributed by atoms with Crippen molar-refractivity contribution in [2.75, 3.05) is 11.1 Å². The summed E-state index contributed by atoms with van der Waals surface area (Å²) in [4.78, 5) is 16.1. The highest BCUT2D eigenvalue weighted by Gasteiger charge is 2.11. The first-order valence-electron chi connectivity index (χ1n) is 5.36. The second kappa shape index (κ2) is 5.06. The van der Waals surface area contributed by atoms with Crippen LogP contribution in [0.25, 0.3) is 0 Å². The number of carbonyl (C=O) groups excluding carboxylic acids is 1. The summed E-state index contributed by atoms with van der Waals surface area (Å²) in [7, 11) is 0. The van der Waals surface area contributed by atoms with Crippen LogP contribution in [-0.2, 0) is 0 Å². The van der Waals surface area contributed by atoms with E-state index < -0.39 is 0 Å². The number of halogens is 1. The van der Waals surface area contributed by atoms with Crippen molar-refractivity contribution in [2.45, 2.75) is 6.92 Å². The van der Waals surface area contributed by atoms with Gasteiger partial charge in [-0.3, -0.25) is 4.79 Å². The van der Waals surface area contributed by atoms with E-state index >= 15 is 0 Å². The van der Waals surface area contributed by atoms with Gasteiger partial charge in [-0.1, -0.05) is 17.7 Å². The van der Waals surface area contributed by atoms with E-state index in [9.17, 15) is 4.79 Å². The van der Waals surface area contributed by atoms with E-state index in [4.69, 9.17) is 17.3 Å².